The maximum Gasteiger partial charge on any atom is 0.128 e. The Hall–Kier alpha value is -1.83. The summed E-state index contributed by atoms with van der Waals surface area (Å²) in [7, 11) is 0. The summed E-state index contributed by atoms with van der Waals surface area (Å²) in [5.41, 5.74) is 3.67. The van der Waals surface area contributed by atoms with Crippen LogP contribution < -0.4 is 0 Å². The molecule has 1 aromatic carbocycles. The van der Waals surface area contributed by atoms with Crippen LogP contribution in [0.2, 0.25) is 0 Å². The van der Waals surface area contributed by atoms with E-state index in [0.717, 1.165) is 17.7 Å². The normalized spacial score (nSPS) is 28.9. The van der Waals surface area contributed by atoms with Crippen LogP contribution in [-0.4, -0.2) is 56.4 Å². The van der Waals surface area contributed by atoms with E-state index in [2.05, 4.69) is 36.2 Å². The van der Waals surface area contributed by atoms with Crippen molar-refractivity contribution in [2.45, 2.75) is 50.3 Å². The number of benzene rings is 1. The van der Waals surface area contributed by atoms with E-state index in [1.165, 1.54) is 5.56 Å². The van der Waals surface area contributed by atoms with Gasteiger partial charge in [-0.1, -0.05) is 37.3 Å². The summed E-state index contributed by atoms with van der Waals surface area (Å²) in [4.78, 5) is 4.55. The van der Waals surface area contributed by atoms with Crippen molar-refractivity contribution in [2.24, 2.45) is 0 Å². The molecule has 0 aliphatic carbocycles. The molecule has 140 valence electrons. The number of nitrogens with zero attached hydrogens (tertiary/aromatic N) is 1. The Balaban J connectivity index is 1.79. The fraction of sp³-hybridized carbons (Fsp3) is 0.450. The summed E-state index contributed by atoms with van der Waals surface area (Å²) < 4.78 is 5.58. The van der Waals surface area contributed by atoms with Gasteiger partial charge < -0.3 is 25.2 Å². The number of ether oxygens (including phenoxy) is 1. The number of aliphatic hydroxyl groups excluding tert-OH is 4. The van der Waals surface area contributed by atoms with Gasteiger partial charge in [0.2, 0.25) is 0 Å². The Morgan fingerprint density at radius 1 is 0.923 bits per heavy atom. The molecule has 6 heteroatoms. The summed E-state index contributed by atoms with van der Waals surface area (Å²) in [6.45, 7) is 1.66. The van der Waals surface area contributed by atoms with Crippen LogP contribution in [-0.2, 0) is 17.6 Å². The molecule has 0 bridgehead atoms. The first-order chi connectivity index (χ1) is 12.5. The minimum Gasteiger partial charge on any atom is -0.394 e. The van der Waals surface area contributed by atoms with E-state index in [-0.39, 0.29) is 0 Å². The monoisotopic (exact) mass is 359 g/mol. The third-order valence-electron chi connectivity index (χ3n) is 4.83. The minimum atomic E-state index is -1.40. The first kappa shape index (κ1) is 18.9. The highest BCUT2D eigenvalue weighted by Crippen LogP contribution is 2.31. The second-order valence-electron chi connectivity index (χ2n) is 6.65. The first-order valence-corrected chi connectivity index (χ1v) is 8.87. The summed E-state index contributed by atoms with van der Waals surface area (Å²) >= 11 is 0. The number of aromatic nitrogens is 1. The van der Waals surface area contributed by atoms with Gasteiger partial charge in [0.25, 0.3) is 0 Å². The van der Waals surface area contributed by atoms with Gasteiger partial charge in [0, 0.05) is 12.1 Å². The van der Waals surface area contributed by atoms with Gasteiger partial charge in [-0.15, -0.1) is 0 Å². The lowest BCUT2D eigenvalue weighted by Crippen LogP contribution is -2.55. The third kappa shape index (κ3) is 3.95. The largest absolute Gasteiger partial charge is 0.394 e. The molecule has 0 spiro atoms. The van der Waals surface area contributed by atoms with Crippen LogP contribution in [0.15, 0.2) is 42.5 Å². The van der Waals surface area contributed by atoms with Crippen LogP contribution >= 0.6 is 0 Å². The zero-order valence-corrected chi connectivity index (χ0v) is 14.7. The summed E-state index contributed by atoms with van der Waals surface area (Å²) in [6, 6.07) is 13.7. The minimum absolute atomic E-state index is 0.453. The number of pyridine rings is 1. The molecule has 1 aliphatic heterocycles. The van der Waals surface area contributed by atoms with Gasteiger partial charge in [-0.2, -0.15) is 0 Å². The van der Waals surface area contributed by atoms with E-state index in [1.54, 1.807) is 6.07 Å². The van der Waals surface area contributed by atoms with Crippen molar-refractivity contribution in [3.63, 3.8) is 0 Å². The average Bonchev–Trinajstić information content (AvgIpc) is 2.67. The first-order valence-electron chi connectivity index (χ1n) is 8.87. The maximum atomic E-state index is 10.3. The fourth-order valence-corrected chi connectivity index (χ4v) is 3.20. The van der Waals surface area contributed by atoms with Crippen LogP contribution in [0.3, 0.4) is 0 Å². The molecule has 1 saturated heterocycles. The number of hydrogen-bond donors (Lipinski definition) is 4. The van der Waals surface area contributed by atoms with E-state index in [1.807, 2.05) is 12.1 Å². The lowest BCUT2D eigenvalue weighted by Gasteiger charge is -2.39. The lowest BCUT2D eigenvalue weighted by molar-refractivity contribution is -0.232. The predicted molar refractivity (Wildman–Crippen MR) is 95.6 cm³/mol. The SMILES string of the molecule is CCc1ccc(Cc2cccc([C@@H]3O[C@H](CO)[C@@H](O)[C@H](O)[C@H]3O)n2)cc1. The maximum absolute atomic E-state index is 10.3. The molecule has 0 amide bonds. The molecule has 3 rings (SSSR count). The van der Waals surface area contributed by atoms with Crippen molar-refractivity contribution in [3.8, 4) is 0 Å². The van der Waals surface area contributed by atoms with Crippen LogP contribution in [0.25, 0.3) is 0 Å². The van der Waals surface area contributed by atoms with Gasteiger partial charge in [0.1, 0.15) is 30.5 Å². The number of hydrogen-bond acceptors (Lipinski definition) is 6. The van der Waals surface area contributed by atoms with Gasteiger partial charge in [0.15, 0.2) is 0 Å². The molecule has 0 saturated carbocycles. The number of aryl methyl sites for hydroxylation is 1. The quantitative estimate of drug-likeness (QED) is 0.628. The van der Waals surface area contributed by atoms with Crippen LogP contribution in [0, 0.1) is 0 Å². The molecule has 2 heterocycles. The smallest absolute Gasteiger partial charge is 0.128 e. The van der Waals surface area contributed by atoms with E-state index in [4.69, 9.17) is 4.74 Å². The van der Waals surface area contributed by atoms with Crippen molar-refractivity contribution in [1.82, 2.24) is 4.98 Å². The molecule has 1 fully saturated rings. The van der Waals surface area contributed by atoms with E-state index < -0.39 is 37.1 Å². The Labute approximate surface area is 152 Å². The van der Waals surface area contributed by atoms with Crippen molar-refractivity contribution in [2.75, 3.05) is 6.61 Å². The van der Waals surface area contributed by atoms with Gasteiger partial charge in [-0.05, 0) is 29.7 Å². The summed E-state index contributed by atoms with van der Waals surface area (Å²) in [5, 5.41) is 39.4. The highest BCUT2D eigenvalue weighted by molar-refractivity contribution is 5.27. The van der Waals surface area contributed by atoms with Crippen LogP contribution in [0.5, 0.6) is 0 Å². The molecule has 0 radical (unpaired) electrons. The molecular weight excluding hydrogens is 334 g/mol. The molecule has 4 N–H and O–H groups in total. The van der Waals surface area contributed by atoms with Gasteiger partial charge >= 0.3 is 0 Å². The van der Waals surface area contributed by atoms with Crippen molar-refractivity contribution in [3.05, 3.63) is 65.0 Å². The van der Waals surface area contributed by atoms with Crippen molar-refractivity contribution >= 4 is 0 Å². The summed E-state index contributed by atoms with van der Waals surface area (Å²) in [5.74, 6) is 0. The molecule has 5 atom stereocenters. The fourth-order valence-electron chi connectivity index (χ4n) is 3.20. The van der Waals surface area contributed by atoms with Crippen molar-refractivity contribution < 1.29 is 25.2 Å². The molecule has 2 aromatic rings. The number of rotatable bonds is 5. The second-order valence-corrected chi connectivity index (χ2v) is 6.65. The van der Waals surface area contributed by atoms with Gasteiger partial charge in [-0.25, -0.2) is 0 Å². The van der Waals surface area contributed by atoms with Gasteiger partial charge in [0.05, 0.1) is 12.3 Å². The van der Waals surface area contributed by atoms with Gasteiger partial charge in [-0.3, -0.25) is 4.98 Å². The summed E-state index contributed by atoms with van der Waals surface area (Å²) in [6.07, 6.45) is -4.32. The highest BCUT2D eigenvalue weighted by Gasteiger charge is 2.44. The van der Waals surface area contributed by atoms with Crippen LogP contribution in [0.4, 0.5) is 0 Å². The van der Waals surface area contributed by atoms with E-state index in [9.17, 15) is 20.4 Å². The predicted octanol–water partition coefficient (Wildman–Crippen LogP) is 0.750. The van der Waals surface area contributed by atoms with E-state index >= 15 is 0 Å². The zero-order chi connectivity index (χ0) is 18.7. The molecular formula is C20H25NO5. The topological polar surface area (TPSA) is 103 Å². The molecule has 6 nitrogen and oxygen atoms in total. The second kappa shape index (κ2) is 8.24. The van der Waals surface area contributed by atoms with Crippen molar-refractivity contribution in [1.29, 1.82) is 0 Å². The molecule has 0 unspecified atom stereocenters. The number of aliphatic hydroxyl groups is 4. The Bertz CT molecular complexity index is 718. The Morgan fingerprint density at radius 3 is 2.27 bits per heavy atom. The zero-order valence-electron chi connectivity index (χ0n) is 14.7. The lowest BCUT2D eigenvalue weighted by atomic mass is 9.93. The average molecular weight is 359 g/mol. The third-order valence-corrected chi connectivity index (χ3v) is 4.83. The Kier molecular flexibility index (Phi) is 6.01. The Morgan fingerprint density at radius 2 is 1.62 bits per heavy atom. The standard InChI is InChI=1S/C20H25NO5/c1-2-12-6-8-13(9-7-12)10-14-4-3-5-15(21-14)20-19(25)18(24)17(23)16(11-22)26-20/h3-9,16-20,22-25H,2,10-11H2,1H3/t16-,17-,18+,19-,20+/m1/s1. The molecule has 1 aromatic heterocycles. The molecule has 26 heavy (non-hydrogen) atoms. The van der Waals surface area contributed by atoms with E-state index in [0.29, 0.717) is 12.1 Å². The molecule has 1 aliphatic rings. The highest BCUT2D eigenvalue weighted by atomic mass is 16.5. The van der Waals surface area contributed by atoms with Crippen LogP contribution in [0.1, 0.15) is 35.5 Å².